The van der Waals surface area contributed by atoms with Crippen molar-refractivity contribution in [2.45, 2.75) is 11.8 Å². The van der Waals surface area contributed by atoms with Gasteiger partial charge in [0.15, 0.2) is 0 Å². The molecule has 0 aliphatic carbocycles. The maximum Gasteiger partial charge on any atom is 0.280 e. The van der Waals surface area contributed by atoms with E-state index in [2.05, 4.69) is 5.43 Å². The van der Waals surface area contributed by atoms with Gasteiger partial charge in [-0.1, -0.05) is 66.4 Å². The standard InChI is InChI=1S/C25H22N3O5S/c1-33-21-12-10-19(11-13-21)25-27(26-23(29)16-17-6-3-2-4-7-17)24(30)22(34-25)15-18-8-5-9-20(14-18)28(31)32/h2-15,25,31H,16H2,1H3,(H,26,29)/q-1/b22-15-. The minimum absolute atomic E-state index is 0.0459. The van der Waals surface area contributed by atoms with Gasteiger partial charge in [0, 0.05) is 0 Å². The molecule has 2 amide bonds. The molecule has 1 aliphatic heterocycles. The third kappa shape index (κ3) is 5.40. The second-order valence-electron chi connectivity index (χ2n) is 7.49. The van der Waals surface area contributed by atoms with Crippen molar-refractivity contribution >= 4 is 35.3 Å². The number of benzene rings is 3. The van der Waals surface area contributed by atoms with Gasteiger partial charge in [0.1, 0.15) is 11.1 Å². The Morgan fingerprint density at radius 1 is 1.15 bits per heavy atom. The Bertz CT molecular complexity index is 1200. The van der Waals surface area contributed by atoms with Gasteiger partial charge in [-0.2, -0.15) is 0 Å². The fourth-order valence-electron chi connectivity index (χ4n) is 3.48. The molecule has 3 aromatic carbocycles. The molecule has 1 heterocycles. The number of nitrogens with zero attached hydrogens (tertiary/aromatic N) is 2. The number of carbonyl (C=O) groups excluding carboxylic acids is 2. The Balaban J connectivity index is 1.62. The summed E-state index contributed by atoms with van der Waals surface area (Å²) in [4.78, 5) is 26.4. The van der Waals surface area contributed by atoms with Gasteiger partial charge in [-0.05, 0) is 47.0 Å². The van der Waals surface area contributed by atoms with Crippen LogP contribution in [-0.2, 0) is 16.0 Å². The van der Waals surface area contributed by atoms with Crippen LogP contribution in [0.2, 0.25) is 0 Å². The van der Waals surface area contributed by atoms with E-state index in [0.717, 1.165) is 11.1 Å². The third-order valence-electron chi connectivity index (χ3n) is 5.15. The summed E-state index contributed by atoms with van der Waals surface area (Å²) in [5, 5.41) is 21.0. The molecule has 0 spiro atoms. The second kappa shape index (κ2) is 10.4. The molecule has 4 rings (SSSR count). The van der Waals surface area contributed by atoms with Crippen LogP contribution in [0, 0.1) is 5.21 Å². The van der Waals surface area contributed by atoms with E-state index in [-0.39, 0.29) is 29.1 Å². The molecule has 1 atom stereocenters. The summed E-state index contributed by atoms with van der Waals surface area (Å²) < 4.78 is 5.22. The van der Waals surface area contributed by atoms with Crippen molar-refractivity contribution < 1.29 is 19.5 Å². The van der Waals surface area contributed by atoms with Gasteiger partial charge in [-0.15, -0.1) is 0 Å². The fourth-order valence-corrected chi connectivity index (χ4v) is 4.67. The van der Waals surface area contributed by atoms with Crippen LogP contribution in [0.4, 0.5) is 5.69 Å². The van der Waals surface area contributed by atoms with Crippen molar-refractivity contribution in [1.29, 1.82) is 0 Å². The molecule has 1 unspecified atom stereocenters. The first-order chi connectivity index (χ1) is 16.4. The fraction of sp³-hybridized carbons (Fsp3) is 0.120. The van der Waals surface area contributed by atoms with Gasteiger partial charge in [-0.25, -0.2) is 5.01 Å². The van der Waals surface area contributed by atoms with Crippen LogP contribution >= 0.6 is 11.8 Å². The molecule has 0 radical (unpaired) electrons. The molecular formula is C25H22N3O5S-. The van der Waals surface area contributed by atoms with E-state index < -0.39 is 5.37 Å². The highest BCUT2D eigenvalue weighted by Crippen LogP contribution is 2.45. The highest BCUT2D eigenvalue weighted by molar-refractivity contribution is 8.04. The Labute approximate surface area is 201 Å². The molecule has 1 fully saturated rings. The van der Waals surface area contributed by atoms with Gasteiger partial charge in [0.05, 0.1) is 24.1 Å². The summed E-state index contributed by atoms with van der Waals surface area (Å²) in [7, 11) is 1.57. The van der Waals surface area contributed by atoms with Crippen LogP contribution in [0.3, 0.4) is 0 Å². The van der Waals surface area contributed by atoms with Gasteiger partial charge in [0.2, 0.25) is 5.91 Å². The smallest absolute Gasteiger partial charge is 0.280 e. The summed E-state index contributed by atoms with van der Waals surface area (Å²) in [6, 6.07) is 22.8. The largest absolute Gasteiger partial charge is 0.733 e. The number of thioether (sulfide) groups is 1. The lowest BCUT2D eigenvalue weighted by atomic mass is 10.1. The molecule has 2 N–H and O–H groups in total. The van der Waals surface area contributed by atoms with E-state index >= 15 is 0 Å². The number of hydrogen-bond acceptors (Lipinski definition) is 7. The van der Waals surface area contributed by atoms with E-state index in [9.17, 15) is 20.0 Å². The molecule has 0 saturated carbocycles. The molecule has 1 aliphatic rings. The SMILES string of the molecule is COc1ccc(C2S/C(=C\c3cccc(N([O-])O)c3)C(=O)N2NC(=O)Cc2ccccc2)cc1. The number of carbonyl (C=O) groups is 2. The first-order valence-electron chi connectivity index (χ1n) is 10.4. The molecule has 34 heavy (non-hydrogen) atoms. The summed E-state index contributed by atoms with van der Waals surface area (Å²) in [5.41, 5.74) is 5.00. The molecule has 3 aromatic rings. The molecule has 0 bridgehead atoms. The zero-order valence-corrected chi connectivity index (χ0v) is 19.1. The number of ether oxygens (including phenoxy) is 1. The van der Waals surface area contributed by atoms with E-state index in [4.69, 9.17) is 4.74 Å². The summed E-state index contributed by atoms with van der Waals surface area (Å²) in [5.74, 6) is -0.0127. The highest BCUT2D eigenvalue weighted by Gasteiger charge is 2.38. The minimum atomic E-state index is -0.499. The number of methoxy groups -OCH3 is 1. The predicted molar refractivity (Wildman–Crippen MR) is 131 cm³/mol. The maximum absolute atomic E-state index is 13.3. The Hall–Kier alpha value is -3.79. The Morgan fingerprint density at radius 2 is 1.88 bits per heavy atom. The number of nitrogens with one attached hydrogen (secondary N) is 1. The van der Waals surface area contributed by atoms with Gasteiger partial charge in [0.25, 0.3) is 5.91 Å². The molecule has 0 aromatic heterocycles. The van der Waals surface area contributed by atoms with Crippen molar-refractivity contribution in [3.8, 4) is 5.75 Å². The molecule has 9 heteroatoms. The van der Waals surface area contributed by atoms with Crippen molar-refractivity contribution in [2.75, 3.05) is 12.3 Å². The lowest BCUT2D eigenvalue weighted by Gasteiger charge is -2.24. The summed E-state index contributed by atoms with van der Waals surface area (Å²) in [6.45, 7) is 0. The average molecular weight is 477 g/mol. The van der Waals surface area contributed by atoms with Crippen molar-refractivity contribution in [3.05, 3.63) is 106 Å². The zero-order valence-electron chi connectivity index (χ0n) is 18.3. The van der Waals surface area contributed by atoms with Crippen LogP contribution in [0.5, 0.6) is 5.75 Å². The quantitative estimate of drug-likeness (QED) is 0.387. The lowest BCUT2D eigenvalue weighted by Crippen LogP contribution is -2.44. The minimum Gasteiger partial charge on any atom is -0.733 e. The van der Waals surface area contributed by atoms with Crippen molar-refractivity contribution in [1.82, 2.24) is 10.4 Å². The second-order valence-corrected chi connectivity index (χ2v) is 8.61. The first-order valence-corrected chi connectivity index (χ1v) is 11.3. The van der Waals surface area contributed by atoms with Crippen LogP contribution in [0.15, 0.2) is 83.8 Å². The van der Waals surface area contributed by atoms with Crippen LogP contribution < -0.4 is 15.4 Å². The Morgan fingerprint density at radius 3 is 2.56 bits per heavy atom. The van der Waals surface area contributed by atoms with Gasteiger partial charge < -0.3 is 15.2 Å². The Kier molecular flexibility index (Phi) is 7.17. The molecule has 8 nitrogen and oxygen atoms in total. The van der Waals surface area contributed by atoms with Gasteiger partial charge >= 0.3 is 0 Å². The van der Waals surface area contributed by atoms with E-state index in [1.165, 1.54) is 28.9 Å². The first kappa shape index (κ1) is 23.4. The van der Waals surface area contributed by atoms with Gasteiger partial charge in [-0.3, -0.25) is 20.2 Å². The summed E-state index contributed by atoms with van der Waals surface area (Å²) >= 11 is 1.28. The number of hydrogen-bond donors (Lipinski definition) is 2. The topological polar surface area (TPSA) is 105 Å². The van der Waals surface area contributed by atoms with E-state index in [1.54, 1.807) is 37.5 Å². The third-order valence-corrected chi connectivity index (χ3v) is 6.40. The average Bonchev–Trinajstić information content (AvgIpc) is 3.14. The lowest BCUT2D eigenvalue weighted by molar-refractivity contribution is -0.137. The molecule has 174 valence electrons. The zero-order chi connectivity index (χ0) is 24.1. The van der Waals surface area contributed by atoms with Crippen LogP contribution in [0.1, 0.15) is 22.1 Å². The molecular weight excluding hydrogens is 454 g/mol. The summed E-state index contributed by atoms with van der Waals surface area (Å²) in [6.07, 6.45) is 1.75. The number of rotatable bonds is 7. The monoisotopic (exact) mass is 476 g/mol. The highest BCUT2D eigenvalue weighted by atomic mass is 32.2. The number of hydrazine groups is 1. The van der Waals surface area contributed by atoms with E-state index in [0.29, 0.717) is 16.2 Å². The van der Waals surface area contributed by atoms with Crippen LogP contribution in [0.25, 0.3) is 6.08 Å². The maximum atomic E-state index is 13.3. The molecule has 1 saturated heterocycles. The number of anilines is 1. The van der Waals surface area contributed by atoms with E-state index in [1.807, 2.05) is 42.5 Å². The normalized spacial score (nSPS) is 16.6. The number of amides is 2. The van der Waals surface area contributed by atoms with Crippen LogP contribution in [-0.4, -0.2) is 29.1 Å². The van der Waals surface area contributed by atoms with Crippen molar-refractivity contribution in [2.24, 2.45) is 0 Å². The predicted octanol–water partition coefficient (Wildman–Crippen LogP) is 4.28. The van der Waals surface area contributed by atoms with Crippen molar-refractivity contribution in [3.63, 3.8) is 0 Å².